The third-order valence-corrected chi connectivity index (χ3v) is 5.64. The number of imidazole rings is 1. The molecule has 0 aliphatic carbocycles. The van der Waals surface area contributed by atoms with Gasteiger partial charge in [0.05, 0.1) is 24.8 Å². The van der Waals surface area contributed by atoms with Gasteiger partial charge < -0.3 is 24.6 Å². The van der Waals surface area contributed by atoms with Gasteiger partial charge in [0.2, 0.25) is 0 Å². The van der Waals surface area contributed by atoms with Crippen LogP contribution in [-0.4, -0.2) is 57.9 Å². The summed E-state index contributed by atoms with van der Waals surface area (Å²) >= 11 is 0. The lowest BCUT2D eigenvalue weighted by molar-refractivity contribution is -0.192. The number of likely N-dealkylation sites (tertiary alicyclic amines) is 1. The van der Waals surface area contributed by atoms with Crippen molar-refractivity contribution in [1.29, 1.82) is 0 Å². The zero-order chi connectivity index (χ0) is 26.3. The lowest BCUT2D eigenvalue weighted by Gasteiger charge is -2.33. The summed E-state index contributed by atoms with van der Waals surface area (Å²) in [5.41, 5.74) is 3.83. The highest BCUT2D eigenvalue weighted by atomic mass is 19.4. The monoisotopic (exact) mass is 504 g/mol. The summed E-state index contributed by atoms with van der Waals surface area (Å²) < 4.78 is 39.2. The van der Waals surface area contributed by atoms with Crippen molar-refractivity contribution in [1.82, 2.24) is 14.5 Å². The number of amides is 2. The molecule has 4 rings (SSSR count). The van der Waals surface area contributed by atoms with E-state index in [4.69, 9.17) is 14.6 Å². The van der Waals surface area contributed by atoms with Crippen LogP contribution in [-0.2, 0) is 4.79 Å². The number of nitrogens with one attached hydrogen (secondary N) is 1. The van der Waals surface area contributed by atoms with Crippen LogP contribution in [0.4, 0.5) is 23.7 Å². The molecule has 0 saturated carbocycles. The van der Waals surface area contributed by atoms with Crippen LogP contribution in [0.2, 0.25) is 0 Å². The van der Waals surface area contributed by atoms with Crippen LogP contribution in [0, 0.1) is 6.92 Å². The first kappa shape index (κ1) is 26.6. The number of hydrogen-bond donors (Lipinski definition) is 2. The highest BCUT2D eigenvalue weighted by molar-refractivity contribution is 5.90. The number of aromatic nitrogens is 2. The highest BCUT2D eigenvalue weighted by Gasteiger charge is 2.38. The topological polar surface area (TPSA) is 96.7 Å². The number of rotatable bonds is 4. The minimum Gasteiger partial charge on any atom is -0.494 e. The number of carbonyl (C=O) groups is 2. The van der Waals surface area contributed by atoms with Gasteiger partial charge in [-0.25, -0.2) is 14.6 Å². The fourth-order valence-electron chi connectivity index (χ4n) is 3.88. The Morgan fingerprint density at radius 2 is 1.86 bits per heavy atom. The maximum Gasteiger partial charge on any atom is 0.490 e. The van der Waals surface area contributed by atoms with Crippen molar-refractivity contribution in [2.75, 3.05) is 25.5 Å². The quantitative estimate of drug-likeness (QED) is 0.507. The number of carboxylic acid groups (broad SMARTS) is 1. The third-order valence-electron chi connectivity index (χ3n) is 5.64. The van der Waals surface area contributed by atoms with E-state index in [-0.39, 0.29) is 6.03 Å². The van der Waals surface area contributed by atoms with Gasteiger partial charge in [0.25, 0.3) is 0 Å². The van der Waals surface area contributed by atoms with Crippen molar-refractivity contribution < 1.29 is 32.6 Å². The Morgan fingerprint density at radius 1 is 1.17 bits per heavy atom. The Balaban J connectivity index is 0.000000454. The first-order valence-electron chi connectivity index (χ1n) is 11.2. The molecule has 1 saturated heterocycles. The van der Waals surface area contributed by atoms with Gasteiger partial charge in [-0.3, -0.25) is 0 Å². The summed E-state index contributed by atoms with van der Waals surface area (Å²) in [6, 6.07) is 16.0. The number of anilines is 1. The number of halogens is 3. The standard InChI is InChI=1S/C23H26N4O2.C2HF3O2/c1-17-14-27(16-24-17)21-11-10-20(13-22(21)29-2)25-23(28)26-12-6-9-19(15-26)18-7-4-3-5-8-18;3-2(4,5)1(6)7/h3-5,7-8,10-11,13-14,16,19H,6,9,12,15H2,1-2H3,(H,25,28);(H,6,7). The van der Waals surface area contributed by atoms with Gasteiger partial charge in [0.1, 0.15) is 5.75 Å². The molecule has 2 heterocycles. The van der Waals surface area contributed by atoms with Gasteiger partial charge in [-0.05, 0) is 37.5 Å². The van der Waals surface area contributed by atoms with Crippen molar-refractivity contribution in [2.45, 2.75) is 31.9 Å². The average Bonchev–Trinajstić information content (AvgIpc) is 3.30. The van der Waals surface area contributed by atoms with Gasteiger partial charge in [-0.2, -0.15) is 13.2 Å². The van der Waals surface area contributed by atoms with E-state index < -0.39 is 12.1 Å². The van der Waals surface area contributed by atoms with E-state index in [2.05, 4.69) is 34.6 Å². The Hall–Kier alpha value is -4.02. The first-order chi connectivity index (χ1) is 17.1. The lowest BCUT2D eigenvalue weighted by atomic mass is 9.91. The van der Waals surface area contributed by atoms with Crippen LogP contribution in [0.25, 0.3) is 5.69 Å². The number of nitrogens with zero attached hydrogens (tertiary/aromatic N) is 3. The van der Waals surface area contributed by atoms with E-state index in [0.29, 0.717) is 17.4 Å². The van der Waals surface area contributed by atoms with Crippen molar-refractivity contribution in [3.8, 4) is 11.4 Å². The molecule has 192 valence electrons. The number of methoxy groups -OCH3 is 1. The van der Waals surface area contributed by atoms with Crippen LogP contribution in [0.5, 0.6) is 5.75 Å². The number of alkyl halides is 3. The number of urea groups is 1. The Kier molecular flexibility index (Phi) is 8.57. The van der Waals surface area contributed by atoms with E-state index in [1.807, 2.05) is 46.9 Å². The molecule has 1 aromatic heterocycles. The Morgan fingerprint density at radius 3 is 2.44 bits per heavy atom. The number of carbonyl (C=O) groups excluding carboxylic acids is 1. The van der Waals surface area contributed by atoms with Crippen molar-refractivity contribution in [3.63, 3.8) is 0 Å². The summed E-state index contributed by atoms with van der Waals surface area (Å²) in [6.07, 6.45) is 0.728. The molecule has 11 heteroatoms. The molecule has 3 aromatic rings. The maximum atomic E-state index is 12.9. The lowest BCUT2D eigenvalue weighted by Crippen LogP contribution is -2.41. The predicted molar refractivity (Wildman–Crippen MR) is 128 cm³/mol. The zero-order valence-electron chi connectivity index (χ0n) is 19.8. The van der Waals surface area contributed by atoms with E-state index in [9.17, 15) is 18.0 Å². The third kappa shape index (κ3) is 7.00. The van der Waals surface area contributed by atoms with Gasteiger partial charge in [-0.15, -0.1) is 0 Å². The molecule has 0 bridgehead atoms. The number of aliphatic carboxylic acids is 1. The predicted octanol–water partition coefficient (Wildman–Crippen LogP) is 5.23. The van der Waals surface area contributed by atoms with Crippen LogP contribution < -0.4 is 10.1 Å². The Bertz CT molecular complexity index is 1180. The molecule has 1 aliphatic rings. The van der Waals surface area contributed by atoms with Gasteiger partial charge in [-0.1, -0.05) is 30.3 Å². The SMILES string of the molecule is COc1cc(NC(=O)N2CCCC(c3ccccc3)C2)ccc1-n1cnc(C)c1.O=C(O)C(F)(F)F. The molecule has 8 nitrogen and oxygen atoms in total. The zero-order valence-corrected chi connectivity index (χ0v) is 19.8. The number of ether oxygens (including phenoxy) is 1. The summed E-state index contributed by atoms with van der Waals surface area (Å²) in [5, 5.41) is 10.1. The summed E-state index contributed by atoms with van der Waals surface area (Å²) in [5.74, 6) is -1.69. The smallest absolute Gasteiger partial charge is 0.490 e. The maximum absolute atomic E-state index is 12.9. The second-order valence-electron chi connectivity index (χ2n) is 8.24. The molecular weight excluding hydrogens is 477 g/mol. The summed E-state index contributed by atoms with van der Waals surface area (Å²) in [4.78, 5) is 27.9. The van der Waals surface area contributed by atoms with Crippen molar-refractivity contribution in [3.05, 3.63) is 72.3 Å². The number of aryl methyl sites for hydroxylation is 1. The fourth-order valence-corrected chi connectivity index (χ4v) is 3.88. The number of hydrogen-bond acceptors (Lipinski definition) is 4. The number of piperidine rings is 1. The molecule has 0 spiro atoms. The molecule has 0 radical (unpaired) electrons. The molecule has 36 heavy (non-hydrogen) atoms. The normalized spacial score (nSPS) is 15.5. The fraction of sp³-hybridized carbons (Fsp3) is 0.320. The minimum atomic E-state index is -5.08. The molecule has 1 unspecified atom stereocenters. The Labute approximate surface area is 206 Å². The molecule has 1 atom stereocenters. The minimum absolute atomic E-state index is 0.0705. The molecule has 2 amide bonds. The van der Waals surface area contributed by atoms with Crippen LogP contribution in [0.3, 0.4) is 0 Å². The summed E-state index contributed by atoms with van der Waals surface area (Å²) in [7, 11) is 1.63. The van der Waals surface area contributed by atoms with E-state index in [0.717, 1.165) is 37.3 Å². The van der Waals surface area contributed by atoms with Gasteiger partial charge in [0.15, 0.2) is 0 Å². The van der Waals surface area contributed by atoms with Crippen molar-refractivity contribution in [2.24, 2.45) is 0 Å². The molecule has 1 aliphatic heterocycles. The second-order valence-corrected chi connectivity index (χ2v) is 8.24. The van der Waals surface area contributed by atoms with E-state index in [1.165, 1.54) is 5.56 Å². The highest BCUT2D eigenvalue weighted by Crippen LogP contribution is 2.29. The number of benzene rings is 2. The molecule has 2 aromatic carbocycles. The molecular formula is C25H27F3N4O4. The van der Waals surface area contributed by atoms with Crippen LogP contribution in [0.1, 0.15) is 30.0 Å². The van der Waals surface area contributed by atoms with Gasteiger partial charge >= 0.3 is 18.2 Å². The average molecular weight is 505 g/mol. The second kappa shape index (κ2) is 11.6. The number of carboxylic acids is 1. The molecule has 1 fully saturated rings. The van der Waals surface area contributed by atoms with E-state index >= 15 is 0 Å². The largest absolute Gasteiger partial charge is 0.494 e. The van der Waals surface area contributed by atoms with Gasteiger partial charge in [0, 0.05) is 37.0 Å². The molecule has 2 N–H and O–H groups in total. The summed E-state index contributed by atoms with van der Waals surface area (Å²) in [6.45, 7) is 3.46. The van der Waals surface area contributed by atoms with Crippen molar-refractivity contribution >= 4 is 17.7 Å². The van der Waals surface area contributed by atoms with Crippen LogP contribution >= 0.6 is 0 Å². The van der Waals surface area contributed by atoms with Crippen LogP contribution in [0.15, 0.2) is 61.1 Å². The van der Waals surface area contributed by atoms with E-state index in [1.54, 1.807) is 13.4 Å². The first-order valence-corrected chi connectivity index (χ1v) is 11.2.